The molecule has 0 atom stereocenters. The predicted octanol–water partition coefficient (Wildman–Crippen LogP) is 5.87. The molecule has 34 heavy (non-hydrogen) atoms. The van der Waals surface area contributed by atoms with Crippen molar-refractivity contribution in [3.63, 3.8) is 0 Å². The van der Waals surface area contributed by atoms with Gasteiger partial charge in [0, 0.05) is 42.2 Å². The van der Waals surface area contributed by atoms with E-state index in [1.165, 1.54) is 0 Å². The Morgan fingerprint density at radius 1 is 1.06 bits per heavy atom. The van der Waals surface area contributed by atoms with Crippen LogP contribution in [-0.4, -0.2) is 42.7 Å². The number of urea groups is 1. The van der Waals surface area contributed by atoms with Gasteiger partial charge in [0.2, 0.25) is 5.95 Å². The van der Waals surface area contributed by atoms with E-state index < -0.39 is 0 Å². The molecule has 2 aromatic carbocycles. The van der Waals surface area contributed by atoms with E-state index in [-0.39, 0.29) is 6.03 Å². The largest absolute Gasteiger partial charge is 0.362 e. The standard InChI is InChI=1S/C26H33BrN6O/c1-16-13-19(27)14-17(2)23(16)31-26(34)28-15-18-9-11-20(12-10-18)29-25-30-22-8-6-5-7-21(22)24(32-25)33(3)4/h5-8,13-14,18,20H,9-12,15H2,1-4H3,(H2,28,31,34)(H,29,30,32)/t18-,20+. The molecule has 7 nitrogen and oxygen atoms in total. The molecule has 0 bridgehead atoms. The molecule has 3 N–H and O–H groups in total. The number of halogens is 1. The van der Waals surface area contributed by atoms with Crippen LogP contribution in [0.4, 0.5) is 22.2 Å². The molecule has 0 unspecified atom stereocenters. The lowest BCUT2D eigenvalue weighted by molar-refractivity contribution is 0.246. The van der Waals surface area contributed by atoms with Crippen molar-refractivity contribution in [1.29, 1.82) is 0 Å². The lowest BCUT2D eigenvalue weighted by atomic mass is 9.86. The topological polar surface area (TPSA) is 82.2 Å². The summed E-state index contributed by atoms with van der Waals surface area (Å²) in [7, 11) is 4.01. The van der Waals surface area contributed by atoms with Crippen molar-refractivity contribution < 1.29 is 4.79 Å². The number of amides is 2. The first kappa shape index (κ1) is 24.3. The summed E-state index contributed by atoms with van der Waals surface area (Å²) >= 11 is 3.50. The van der Waals surface area contributed by atoms with E-state index in [2.05, 4.69) is 37.9 Å². The third-order valence-electron chi connectivity index (χ3n) is 6.47. The van der Waals surface area contributed by atoms with Crippen molar-refractivity contribution in [2.75, 3.05) is 36.2 Å². The maximum Gasteiger partial charge on any atom is 0.319 e. The zero-order valence-electron chi connectivity index (χ0n) is 20.3. The van der Waals surface area contributed by atoms with E-state index in [0.717, 1.165) is 63.7 Å². The lowest BCUT2D eigenvalue weighted by Crippen LogP contribution is -2.36. The van der Waals surface area contributed by atoms with Gasteiger partial charge in [0.05, 0.1) is 5.52 Å². The van der Waals surface area contributed by atoms with Crippen LogP contribution in [0.15, 0.2) is 40.9 Å². The minimum absolute atomic E-state index is 0.144. The number of anilines is 3. The fourth-order valence-electron chi connectivity index (χ4n) is 4.66. The maximum absolute atomic E-state index is 12.5. The lowest BCUT2D eigenvalue weighted by Gasteiger charge is -2.29. The minimum atomic E-state index is -0.144. The highest BCUT2D eigenvalue weighted by atomic mass is 79.9. The first-order valence-corrected chi connectivity index (χ1v) is 12.6. The third-order valence-corrected chi connectivity index (χ3v) is 6.93. The number of hydrogen-bond acceptors (Lipinski definition) is 5. The van der Waals surface area contributed by atoms with E-state index in [9.17, 15) is 4.79 Å². The van der Waals surface area contributed by atoms with Gasteiger partial charge < -0.3 is 20.9 Å². The Bertz CT molecular complexity index is 1150. The smallest absolute Gasteiger partial charge is 0.319 e. The van der Waals surface area contributed by atoms with Crippen LogP contribution >= 0.6 is 15.9 Å². The summed E-state index contributed by atoms with van der Waals surface area (Å²) in [5.41, 5.74) is 3.91. The highest BCUT2D eigenvalue weighted by Gasteiger charge is 2.23. The second kappa shape index (κ2) is 10.6. The van der Waals surface area contributed by atoms with Crippen LogP contribution in [0, 0.1) is 19.8 Å². The second-order valence-corrected chi connectivity index (χ2v) is 10.3. The van der Waals surface area contributed by atoms with Gasteiger partial charge in [-0.05, 0) is 80.8 Å². The third kappa shape index (κ3) is 5.78. The van der Waals surface area contributed by atoms with Gasteiger partial charge in [-0.25, -0.2) is 9.78 Å². The van der Waals surface area contributed by atoms with E-state index in [0.29, 0.717) is 24.5 Å². The molecule has 0 saturated heterocycles. The number of carbonyl (C=O) groups excluding carboxylic acids is 1. The molecule has 1 heterocycles. The van der Waals surface area contributed by atoms with Gasteiger partial charge in [0.1, 0.15) is 5.82 Å². The number of carbonyl (C=O) groups is 1. The quantitative estimate of drug-likeness (QED) is 0.375. The molecule has 1 aromatic heterocycles. The van der Waals surface area contributed by atoms with Gasteiger partial charge in [-0.15, -0.1) is 0 Å². The average Bonchev–Trinajstić information content (AvgIpc) is 2.80. The van der Waals surface area contributed by atoms with Crippen LogP contribution in [0.3, 0.4) is 0 Å². The average molecular weight is 525 g/mol. The first-order chi connectivity index (χ1) is 16.3. The van der Waals surface area contributed by atoms with Crippen molar-refractivity contribution in [2.45, 2.75) is 45.6 Å². The van der Waals surface area contributed by atoms with Crippen molar-refractivity contribution in [1.82, 2.24) is 15.3 Å². The zero-order chi connectivity index (χ0) is 24.2. The van der Waals surface area contributed by atoms with Crippen molar-refractivity contribution in [3.05, 3.63) is 52.0 Å². The number of nitrogens with one attached hydrogen (secondary N) is 3. The normalized spacial score (nSPS) is 17.9. The Labute approximate surface area is 209 Å². The van der Waals surface area contributed by atoms with Crippen LogP contribution in [0.25, 0.3) is 10.9 Å². The molecule has 1 aliphatic rings. The number of aryl methyl sites for hydroxylation is 2. The fraction of sp³-hybridized carbons (Fsp3) is 0.423. The molecule has 3 aromatic rings. The number of fused-ring (bicyclic) bond motifs is 1. The molecular formula is C26H33BrN6O. The van der Waals surface area contributed by atoms with Gasteiger partial charge in [-0.1, -0.05) is 28.1 Å². The Kier molecular flexibility index (Phi) is 7.56. The van der Waals surface area contributed by atoms with Crippen LogP contribution in [0.5, 0.6) is 0 Å². The summed E-state index contributed by atoms with van der Waals surface area (Å²) in [6, 6.07) is 12.3. The van der Waals surface area contributed by atoms with Gasteiger partial charge >= 0.3 is 6.03 Å². The molecule has 180 valence electrons. The summed E-state index contributed by atoms with van der Waals surface area (Å²) in [5.74, 6) is 2.09. The number of rotatable bonds is 6. The summed E-state index contributed by atoms with van der Waals surface area (Å²) in [6.07, 6.45) is 4.18. The summed E-state index contributed by atoms with van der Waals surface area (Å²) < 4.78 is 1.02. The zero-order valence-corrected chi connectivity index (χ0v) is 21.9. The Morgan fingerprint density at radius 2 is 1.74 bits per heavy atom. The van der Waals surface area contributed by atoms with Gasteiger partial charge in [0.25, 0.3) is 0 Å². The molecule has 2 amide bonds. The van der Waals surface area contributed by atoms with Crippen LogP contribution in [0.2, 0.25) is 0 Å². The minimum Gasteiger partial charge on any atom is -0.362 e. The summed E-state index contributed by atoms with van der Waals surface area (Å²) in [5, 5.41) is 10.7. The Balaban J connectivity index is 1.28. The SMILES string of the molecule is Cc1cc(Br)cc(C)c1NC(=O)NC[C@H]1CC[C@@H](Nc2nc(N(C)C)c3ccccc3n2)CC1. The molecule has 1 saturated carbocycles. The Morgan fingerprint density at radius 3 is 2.41 bits per heavy atom. The second-order valence-electron chi connectivity index (χ2n) is 9.39. The Hall–Kier alpha value is -2.87. The van der Waals surface area contributed by atoms with E-state index >= 15 is 0 Å². The summed E-state index contributed by atoms with van der Waals surface area (Å²) in [6.45, 7) is 4.69. The van der Waals surface area contributed by atoms with Crippen LogP contribution < -0.4 is 20.9 Å². The van der Waals surface area contributed by atoms with Gasteiger partial charge in [-0.3, -0.25) is 0 Å². The number of para-hydroxylation sites is 1. The molecule has 8 heteroatoms. The van der Waals surface area contributed by atoms with Crippen LogP contribution in [-0.2, 0) is 0 Å². The predicted molar refractivity (Wildman–Crippen MR) is 144 cm³/mol. The van der Waals surface area contributed by atoms with E-state index in [4.69, 9.17) is 9.97 Å². The number of nitrogens with zero attached hydrogens (tertiary/aromatic N) is 3. The van der Waals surface area contributed by atoms with Crippen molar-refractivity contribution in [2.24, 2.45) is 5.92 Å². The molecular weight excluding hydrogens is 492 g/mol. The molecule has 1 fully saturated rings. The van der Waals surface area contributed by atoms with Gasteiger partial charge in [-0.2, -0.15) is 4.98 Å². The number of hydrogen-bond donors (Lipinski definition) is 3. The fourth-order valence-corrected chi connectivity index (χ4v) is 5.35. The van der Waals surface area contributed by atoms with E-state index in [1.807, 2.05) is 63.2 Å². The maximum atomic E-state index is 12.5. The van der Waals surface area contributed by atoms with Crippen molar-refractivity contribution in [3.8, 4) is 0 Å². The first-order valence-electron chi connectivity index (χ1n) is 11.8. The number of benzene rings is 2. The highest BCUT2D eigenvalue weighted by molar-refractivity contribution is 9.10. The summed E-state index contributed by atoms with van der Waals surface area (Å²) in [4.78, 5) is 24.0. The number of aromatic nitrogens is 2. The highest BCUT2D eigenvalue weighted by Crippen LogP contribution is 2.29. The molecule has 0 aliphatic heterocycles. The molecule has 0 radical (unpaired) electrons. The molecule has 0 spiro atoms. The van der Waals surface area contributed by atoms with Crippen LogP contribution in [0.1, 0.15) is 36.8 Å². The van der Waals surface area contributed by atoms with E-state index in [1.54, 1.807) is 0 Å². The molecule has 4 rings (SSSR count). The van der Waals surface area contributed by atoms with Gasteiger partial charge in [0.15, 0.2) is 0 Å². The molecule has 1 aliphatic carbocycles. The van der Waals surface area contributed by atoms with Crippen molar-refractivity contribution >= 4 is 50.3 Å². The monoisotopic (exact) mass is 524 g/mol.